The Morgan fingerprint density at radius 2 is 1.96 bits per heavy atom. The summed E-state index contributed by atoms with van der Waals surface area (Å²) in [7, 11) is 4.70. The minimum atomic E-state index is -0.505. The monoisotopic (exact) mass is 422 g/mol. The third-order valence-corrected chi connectivity index (χ3v) is 4.99. The molecule has 0 saturated heterocycles. The summed E-state index contributed by atoms with van der Waals surface area (Å²) >= 11 is 12.9. The van der Waals surface area contributed by atoms with Gasteiger partial charge in [0.1, 0.15) is 12.4 Å². The molecule has 0 spiro atoms. The average molecular weight is 423 g/mol. The fourth-order valence-corrected chi connectivity index (χ4v) is 3.40. The van der Waals surface area contributed by atoms with Crippen molar-refractivity contribution in [3.05, 3.63) is 57.3 Å². The highest BCUT2D eigenvalue weighted by Crippen LogP contribution is 2.42. The number of aliphatic imine (C=N–C) groups is 1. The van der Waals surface area contributed by atoms with Crippen LogP contribution in [0.25, 0.3) is 0 Å². The Balaban J connectivity index is 2.28. The Morgan fingerprint density at radius 3 is 2.61 bits per heavy atom. The Hall–Kier alpha value is -2.64. The number of likely N-dealkylation sites (N-methyl/N-ethyl adjacent to an activating group) is 1. The maximum Gasteiger partial charge on any atom is 0.321 e. The first kappa shape index (κ1) is 20.1. The summed E-state index contributed by atoms with van der Waals surface area (Å²) in [6.45, 7) is -0.178. The summed E-state index contributed by atoms with van der Waals surface area (Å²) in [5.41, 5.74) is 1.27. The molecular formula is C19H17Cl2FN4O2. The lowest BCUT2D eigenvalue weighted by Crippen LogP contribution is -2.29. The van der Waals surface area contributed by atoms with Crippen molar-refractivity contribution in [2.45, 2.75) is 0 Å². The standard InChI is InChI=1S/C19H17Cl2FN4O2/c1-25(2)19(28)24-18-11(20)8-13-15(16(18)21)17(23-9-14(27)26(13)3)10-6-4-5-7-12(10)22/h4-8H,9H2,1-3H3,(H,24,28). The molecule has 1 aliphatic heterocycles. The highest BCUT2D eigenvalue weighted by Gasteiger charge is 2.29. The molecule has 0 unspecified atom stereocenters. The highest BCUT2D eigenvalue weighted by atomic mass is 35.5. The lowest BCUT2D eigenvalue weighted by molar-refractivity contribution is -0.116. The number of fused-ring (bicyclic) bond motifs is 1. The molecule has 0 bridgehead atoms. The number of carbonyl (C=O) groups is 2. The number of hydrogen-bond donors (Lipinski definition) is 1. The lowest BCUT2D eigenvalue weighted by atomic mass is 9.98. The molecule has 0 aromatic heterocycles. The molecule has 9 heteroatoms. The van der Waals surface area contributed by atoms with Crippen LogP contribution < -0.4 is 10.2 Å². The summed E-state index contributed by atoms with van der Waals surface area (Å²) in [5, 5.41) is 2.85. The zero-order chi connectivity index (χ0) is 20.6. The largest absolute Gasteiger partial charge is 0.331 e. The van der Waals surface area contributed by atoms with Gasteiger partial charge >= 0.3 is 6.03 Å². The van der Waals surface area contributed by atoms with Crippen LogP contribution in [0.4, 0.5) is 20.6 Å². The zero-order valence-corrected chi connectivity index (χ0v) is 16.9. The number of halogens is 3. The van der Waals surface area contributed by atoms with E-state index in [1.807, 2.05) is 0 Å². The van der Waals surface area contributed by atoms with E-state index in [-0.39, 0.29) is 39.5 Å². The molecule has 0 aliphatic carbocycles. The Kier molecular flexibility index (Phi) is 5.58. The van der Waals surface area contributed by atoms with Crippen LogP contribution in [0.3, 0.4) is 0 Å². The molecule has 0 radical (unpaired) electrons. The van der Waals surface area contributed by atoms with Gasteiger partial charge in [0.05, 0.1) is 27.1 Å². The highest BCUT2D eigenvalue weighted by molar-refractivity contribution is 6.44. The second kappa shape index (κ2) is 7.77. The van der Waals surface area contributed by atoms with Gasteiger partial charge in [0.25, 0.3) is 0 Å². The number of carbonyl (C=O) groups excluding carboxylic acids is 2. The van der Waals surface area contributed by atoms with Crippen LogP contribution in [0.15, 0.2) is 35.3 Å². The van der Waals surface area contributed by atoms with E-state index >= 15 is 0 Å². The topological polar surface area (TPSA) is 65.0 Å². The van der Waals surface area contributed by atoms with E-state index in [4.69, 9.17) is 23.2 Å². The smallest absolute Gasteiger partial charge is 0.321 e. The summed E-state index contributed by atoms with van der Waals surface area (Å²) in [5.74, 6) is -0.807. The van der Waals surface area contributed by atoms with Crippen LogP contribution >= 0.6 is 23.2 Å². The van der Waals surface area contributed by atoms with Crippen molar-refractivity contribution in [2.24, 2.45) is 4.99 Å². The molecule has 146 valence electrons. The normalized spacial score (nSPS) is 13.6. The van der Waals surface area contributed by atoms with E-state index in [1.54, 1.807) is 39.3 Å². The van der Waals surface area contributed by atoms with E-state index in [9.17, 15) is 14.0 Å². The van der Waals surface area contributed by atoms with Crippen LogP contribution in [-0.4, -0.2) is 50.2 Å². The first-order valence-electron chi connectivity index (χ1n) is 8.29. The molecule has 28 heavy (non-hydrogen) atoms. The number of amides is 3. The van der Waals surface area contributed by atoms with Crippen molar-refractivity contribution in [3.63, 3.8) is 0 Å². The predicted octanol–water partition coefficient (Wildman–Crippen LogP) is 4.04. The third kappa shape index (κ3) is 3.55. The summed E-state index contributed by atoms with van der Waals surface area (Å²) in [6, 6.07) is 7.14. The van der Waals surface area contributed by atoms with Crippen molar-refractivity contribution in [1.82, 2.24) is 4.90 Å². The fraction of sp³-hybridized carbons (Fsp3) is 0.211. The SMILES string of the molecule is CN(C)C(=O)Nc1c(Cl)cc2c(c1Cl)C(c1ccccc1F)=NCC(=O)N2C. The van der Waals surface area contributed by atoms with Crippen molar-refractivity contribution < 1.29 is 14.0 Å². The van der Waals surface area contributed by atoms with Crippen molar-refractivity contribution in [1.29, 1.82) is 0 Å². The molecule has 1 aliphatic rings. The van der Waals surface area contributed by atoms with Crippen LogP contribution in [0, 0.1) is 5.82 Å². The number of anilines is 2. The molecular weight excluding hydrogens is 406 g/mol. The third-order valence-electron chi connectivity index (χ3n) is 4.31. The lowest BCUT2D eigenvalue weighted by Gasteiger charge is -2.22. The second-order valence-electron chi connectivity index (χ2n) is 6.36. The molecule has 1 N–H and O–H groups in total. The zero-order valence-electron chi connectivity index (χ0n) is 15.4. The maximum atomic E-state index is 14.5. The van der Waals surface area contributed by atoms with Crippen molar-refractivity contribution in [2.75, 3.05) is 37.9 Å². The van der Waals surface area contributed by atoms with Crippen LogP contribution in [0.1, 0.15) is 11.1 Å². The molecule has 3 amide bonds. The van der Waals surface area contributed by atoms with Gasteiger partial charge in [0, 0.05) is 32.3 Å². The van der Waals surface area contributed by atoms with Gasteiger partial charge in [-0.1, -0.05) is 35.3 Å². The van der Waals surface area contributed by atoms with Gasteiger partial charge in [-0.05, 0) is 18.2 Å². The minimum absolute atomic E-state index is 0.0706. The van der Waals surface area contributed by atoms with Gasteiger partial charge in [0.2, 0.25) is 5.91 Å². The van der Waals surface area contributed by atoms with E-state index in [1.165, 1.54) is 21.9 Å². The fourth-order valence-electron chi connectivity index (χ4n) is 2.77. The van der Waals surface area contributed by atoms with E-state index < -0.39 is 11.8 Å². The van der Waals surface area contributed by atoms with Crippen LogP contribution in [-0.2, 0) is 4.79 Å². The molecule has 0 atom stereocenters. The Morgan fingerprint density at radius 1 is 1.29 bits per heavy atom. The number of benzodiazepines with no additional fused rings is 1. The van der Waals surface area contributed by atoms with E-state index in [0.717, 1.165) is 0 Å². The summed E-state index contributed by atoms with van der Waals surface area (Å²) in [6.07, 6.45) is 0. The van der Waals surface area contributed by atoms with Crippen molar-refractivity contribution >= 4 is 52.2 Å². The van der Waals surface area contributed by atoms with Gasteiger partial charge in [-0.2, -0.15) is 0 Å². The first-order valence-corrected chi connectivity index (χ1v) is 9.04. The van der Waals surface area contributed by atoms with Gasteiger partial charge in [0.15, 0.2) is 0 Å². The number of benzene rings is 2. The van der Waals surface area contributed by atoms with Crippen molar-refractivity contribution in [3.8, 4) is 0 Å². The Bertz CT molecular complexity index is 1010. The molecule has 3 rings (SSSR count). The van der Waals surface area contributed by atoms with Gasteiger partial charge in [-0.25, -0.2) is 9.18 Å². The van der Waals surface area contributed by atoms with Gasteiger partial charge in [-0.15, -0.1) is 0 Å². The van der Waals surface area contributed by atoms with E-state index in [2.05, 4.69) is 10.3 Å². The molecule has 0 saturated carbocycles. The maximum absolute atomic E-state index is 14.5. The molecule has 0 fully saturated rings. The number of nitrogens with zero attached hydrogens (tertiary/aromatic N) is 3. The second-order valence-corrected chi connectivity index (χ2v) is 7.15. The quantitative estimate of drug-likeness (QED) is 0.793. The number of urea groups is 1. The minimum Gasteiger partial charge on any atom is -0.331 e. The molecule has 2 aromatic carbocycles. The predicted molar refractivity (Wildman–Crippen MR) is 109 cm³/mol. The van der Waals surface area contributed by atoms with Crippen LogP contribution in [0.2, 0.25) is 10.0 Å². The average Bonchev–Trinajstić information content (AvgIpc) is 2.77. The first-order chi connectivity index (χ1) is 13.2. The number of nitrogens with one attached hydrogen (secondary N) is 1. The summed E-state index contributed by atoms with van der Waals surface area (Å²) < 4.78 is 14.5. The number of hydrogen-bond acceptors (Lipinski definition) is 3. The molecule has 1 heterocycles. The Labute approximate surface area is 171 Å². The van der Waals surface area contributed by atoms with E-state index in [0.29, 0.717) is 11.3 Å². The van der Waals surface area contributed by atoms with Gasteiger partial charge in [-0.3, -0.25) is 9.79 Å². The summed E-state index contributed by atoms with van der Waals surface area (Å²) in [4.78, 5) is 31.5. The van der Waals surface area contributed by atoms with Gasteiger partial charge < -0.3 is 15.1 Å². The van der Waals surface area contributed by atoms with Crippen LogP contribution in [0.5, 0.6) is 0 Å². The number of rotatable bonds is 2. The molecule has 2 aromatic rings. The molecule has 6 nitrogen and oxygen atoms in total.